The summed E-state index contributed by atoms with van der Waals surface area (Å²) in [5, 5.41) is 6.84. The number of morpholine rings is 1. The van der Waals surface area contributed by atoms with Crippen LogP contribution in [0.5, 0.6) is 0 Å². The Kier molecular flexibility index (Phi) is 5.83. The molecule has 1 amide bonds. The topological polar surface area (TPSA) is 67.6 Å². The molecule has 1 N–H and O–H groups in total. The zero-order chi connectivity index (χ0) is 17.6. The van der Waals surface area contributed by atoms with Crippen LogP contribution >= 0.6 is 0 Å². The molecule has 1 aliphatic heterocycles. The first-order valence-corrected chi connectivity index (χ1v) is 8.68. The number of aromatic nitrogens is 1. The van der Waals surface area contributed by atoms with Crippen molar-refractivity contribution in [1.29, 1.82) is 0 Å². The number of nitrogens with one attached hydrogen (secondary N) is 1. The summed E-state index contributed by atoms with van der Waals surface area (Å²) >= 11 is 0. The zero-order valence-corrected chi connectivity index (χ0v) is 14.9. The summed E-state index contributed by atoms with van der Waals surface area (Å²) in [4.78, 5) is 14.5. The molecule has 0 radical (unpaired) electrons. The molecule has 1 aliphatic rings. The molecule has 0 atom stereocenters. The standard InChI is InChI=1S/C19H25N3O3/c1-14-18(15(2)25-21-14)11-19(23)20-12-16-3-5-17(6-4-16)13-22-7-9-24-10-8-22/h3-6H,7-13H2,1-2H3,(H,20,23). The van der Waals surface area contributed by atoms with Gasteiger partial charge in [0.15, 0.2) is 0 Å². The Morgan fingerprint density at radius 2 is 1.84 bits per heavy atom. The number of hydrogen-bond donors (Lipinski definition) is 1. The Labute approximate surface area is 148 Å². The molecular formula is C19H25N3O3. The van der Waals surface area contributed by atoms with Crippen LogP contribution in [-0.4, -0.2) is 42.3 Å². The third-order valence-corrected chi connectivity index (χ3v) is 4.54. The maximum Gasteiger partial charge on any atom is 0.224 e. The van der Waals surface area contributed by atoms with E-state index in [9.17, 15) is 4.79 Å². The third kappa shape index (κ3) is 4.90. The lowest BCUT2D eigenvalue weighted by atomic mass is 10.1. The van der Waals surface area contributed by atoms with E-state index in [1.165, 1.54) is 5.56 Å². The second kappa shape index (κ2) is 8.27. The maximum atomic E-state index is 12.1. The van der Waals surface area contributed by atoms with Gasteiger partial charge in [-0.15, -0.1) is 0 Å². The van der Waals surface area contributed by atoms with E-state index in [0.717, 1.165) is 49.7 Å². The van der Waals surface area contributed by atoms with Gasteiger partial charge in [-0.3, -0.25) is 9.69 Å². The SMILES string of the molecule is Cc1noc(C)c1CC(=O)NCc1ccc(CN2CCOCC2)cc1. The molecule has 2 aromatic rings. The van der Waals surface area contributed by atoms with Crippen molar-refractivity contribution < 1.29 is 14.1 Å². The number of benzene rings is 1. The molecule has 6 nitrogen and oxygen atoms in total. The highest BCUT2D eigenvalue weighted by atomic mass is 16.5. The van der Waals surface area contributed by atoms with Gasteiger partial charge in [-0.2, -0.15) is 0 Å². The van der Waals surface area contributed by atoms with E-state index in [0.29, 0.717) is 18.7 Å². The van der Waals surface area contributed by atoms with Crippen molar-refractivity contribution in [2.45, 2.75) is 33.4 Å². The summed E-state index contributed by atoms with van der Waals surface area (Å²) in [5.74, 6) is 0.687. The largest absolute Gasteiger partial charge is 0.379 e. The molecule has 0 bridgehead atoms. The Morgan fingerprint density at radius 1 is 1.16 bits per heavy atom. The van der Waals surface area contributed by atoms with Crippen LogP contribution < -0.4 is 5.32 Å². The number of amides is 1. The molecule has 25 heavy (non-hydrogen) atoms. The third-order valence-electron chi connectivity index (χ3n) is 4.54. The van der Waals surface area contributed by atoms with Crippen molar-refractivity contribution in [3.8, 4) is 0 Å². The molecule has 0 saturated carbocycles. The molecule has 3 rings (SSSR count). The summed E-state index contributed by atoms with van der Waals surface area (Å²) < 4.78 is 10.5. The lowest BCUT2D eigenvalue weighted by Gasteiger charge is -2.26. The molecule has 1 saturated heterocycles. The second-order valence-corrected chi connectivity index (χ2v) is 6.46. The van der Waals surface area contributed by atoms with E-state index in [1.807, 2.05) is 13.8 Å². The summed E-state index contributed by atoms with van der Waals surface area (Å²) in [6, 6.07) is 8.41. The number of carbonyl (C=O) groups excluding carboxylic acids is 1. The Morgan fingerprint density at radius 3 is 2.48 bits per heavy atom. The monoisotopic (exact) mass is 343 g/mol. The van der Waals surface area contributed by atoms with E-state index < -0.39 is 0 Å². The fourth-order valence-corrected chi connectivity index (χ4v) is 2.96. The second-order valence-electron chi connectivity index (χ2n) is 6.46. The van der Waals surface area contributed by atoms with Crippen LogP contribution in [0.1, 0.15) is 28.1 Å². The molecule has 2 heterocycles. The van der Waals surface area contributed by atoms with Crippen LogP contribution in [0.2, 0.25) is 0 Å². The predicted octanol–water partition coefficient (Wildman–Crippen LogP) is 1.98. The van der Waals surface area contributed by atoms with E-state index in [4.69, 9.17) is 9.26 Å². The van der Waals surface area contributed by atoms with E-state index >= 15 is 0 Å². The molecule has 0 spiro atoms. The average molecular weight is 343 g/mol. The lowest BCUT2D eigenvalue weighted by molar-refractivity contribution is -0.120. The van der Waals surface area contributed by atoms with Gasteiger partial charge in [-0.25, -0.2) is 0 Å². The van der Waals surface area contributed by atoms with E-state index in [1.54, 1.807) is 0 Å². The highest BCUT2D eigenvalue weighted by molar-refractivity contribution is 5.78. The van der Waals surface area contributed by atoms with Crippen molar-refractivity contribution >= 4 is 5.91 Å². The molecule has 1 aromatic heterocycles. The summed E-state index contributed by atoms with van der Waals surface area (Å²) in [6.45, 7) is 8.76. The molecule has 0 unspecified atom stereocenters. The van der Waals surface area contributed by atoms with Gasteiger partial charge in [0.05, 0.1) is 25.3 Å². The minimum atomic E-state index is -0.0215. The first-order valence-electron chi connectivity index (χ1n) is 8.68. The van der Waals surface area contributed by atoms with Crippen molar-refractivity contribution in [1.82, 2.24) is 15.4 Å². The van der Waals surface area contributed by atoms with Gasteiger partial charge in [-0.1, -0.05) is 29.4 Å². The van der Waals surface area contributed by atoms with Gasteiger partial charge in [0.25, 0.3) is 0 Å². The normalized spacial score (nSPS) is 15.3. The molecule has 0 aliphatic carbocycles. The van der Waals surface area contributed by atoms with Gasteiger partial charge in [0.2, 0.25) is 5.91 Å². The van der Waals surface area contributed by atoms with E-state index in [-0.39, 0.29) is 5.91 Å². The van der Waals surface area contributed by atoms with Gasteiger partial charge in [-0.05, 0) is 25.0 Å². The van der Waals surface area contributed by atoms with Crippen molar-refractivity contribution in [3.63, 3.8) is 0 Å². The smallest absolute Gasteiger partial charge is 0.224 e. The molecule has 134 valence electrons. The van der Waals surface area contributed by atoms with Crippen LogP contribution in [0.25, 0.3) is 0 Å². The van der Waals surface area contributed by atoms with Crippen molar-refractivity contribution in [2.75, 3.05) is 26.3 Å². The van der Waals surface area contributed by atoms with Gasteiger partial charge >= 0.3 is 0 Å². The summed E-state index contributed by atoms with van der Waals surface area (Å²) in [5.41, 5.74) is 4.03. The first kappa shape index (κ1) is 17.6. The minimum absolute atomic E-state index is 0.0215. The van der Waals surface area contributed by atoms with Crippen molar-refractivity contribution in [2.24, 2.45) is 0 Å². The van der Waals surface area contributed by atoms with Crippen molar-refractivity contribution in [3.05, 3.63) is 52.4 Å². The van der Waals surface area contributed by atoms with Gasteiger partial charge < -0.3 is 14.6 Å². The highest BCUT2D eigenvalue weighted by Crippen LogP contribution is 2.13. The Balaban J connectivity index is 1.47. The molecule has 1 aromatic carbocycles. The predicted molar refractivity (Wildman–Crippen MR) is 94.1 cm³/mol. The van der Waals surface area contributed by atoms with E-state index in [2.05, 4.69) is 39.6 Å². The number of hydrogen-bond acceptors (Lipinski definition) is 5. The number of carbonyl (C=O) groups is 1. The summed E-state index contributed by atoms with van der Waals surface area (Å²) in [7, 11) is 0. The van der Waals surface area contributed by atoms with Gasteiger partial charge in [0.1, 0.15) is 5.76 Å². The van der Waals surface area contributed by atoms with Crippen LogP contribution in [0, 0.1) is 13.8 Å². The molecule has 1 fully saturated rings. The first-order chi connectivity index (χ1) is 12.1. The fourth-order valence-electron chi connectivity index (χ4n) is 2.96. The Hall–Kier alpha value is -2.18. The highest BCUT2D eigenvalue weighted by Gasteiger charge is 2.13. The van der Waals surface area contributed by atoms with Crippen LogP contribution in [-0.2, 0) is 29.0 Å². The number of aryl methyl sites for hydroxylation is 2. The molecular weight excluding hydrogens is 318 g/mol. The zero-order valence-electron chi connectivity index (χ0n) is 14.9. The average Bonchev–Trinajstić information content (AvgIpc) is 2.94. The maximum absolute atomic E-state index is 12.1. The summed E-state index contributed by atoms with van der Waals surface area (Å²) in [6.07, 6.45) is 0.302. The number of ether oxygens (including phenoxy) is 1. The number of nitrogens with zero attached hydrogens (tertiary/aromatic N) is 2. The van der Waals surface area contributed by atoms with Crippen LogP contribution in [0.4, 0.5) is 0 Å². The lowest BCUT2D eigenvalue weighted by Crippen LogP contribution is -2.35. The number of rotatable bonds is 6. The molecule has 6 heteroatoms. The van der Waals surface area contributed by atoms with Gasteiger partial charge in [0, 0.05) is 31.7 Å². The Bertz CT molecular complexity index is 684. The van der Waals surface area contributed by atoms with Crippen LogP contribution in [0.3, 0.4) is 0 Å². The minimum Gasteiger partial charge on any atom is -0.379 e. The quantitative estimate of drug-likeness (QED) is 0.869. The fraction of sp³-hybridized carbons (Fsp3) is 0.474. The van der Waals surface area contributed by atoms with Crippen LogP contribution in [0.15, 0.2) is 28.8 Å².